The van der Waals surface area contributed by atoms with E-state index in [9.17, 15) is 13.2 Å². The molecule has 3 aromatic rings. The fourth-order valence-corrected chi connectivity index (χ4v) is 4.17. The van der Waals surface area contributed by atoms with E-state index in [1.165, 1.54) is 23.2 Å². The minimum Gasteiger partial charge on any atom is -0.296 e. The van der Waals surface area contributed by atoms with E-state index in [-0.39, 0.29) is 11.7 Å². The fraction of sp³-hybridized carbons (Fsp3) is 0.250. The van der Waals surface area contributed by atoms with Gasteiger partial charge >= 0.3 is 0 Å². The predicted octanol–water partition coefficient (Wildman–Crippen LogP) is 4.13. The van der Waals surface area contributed by atoms with Crippen molar-refractivity contribution in [2.24, 2.45) is 0 Å². The summed E-state index contributed by atoms with van der Waals surface area (Å²) in [5, 5.41) is 12.1. The van der Waals surface area contributed by atoms with E-state index >= 15 is 0 Å². The number of carbonyl (C=O) groups excluding carboxylic acids is 1. The lowest BCUT2D eigenvalue weighted by Crippen LogP contribution is -2.11. The minimum absolute atomic E-state index is 0.0513. The first-order chi connectivity index (χ1) is 13.2. The third kappa shape index (κ3) is 5.24. The van der Waals surface area contributed by atoms with Gasteiger partial charge in [-0.25, -0.2) is 8.42 Å². The number of amides is 1. The van der Waals surface area contributed by atoms with Crippen LogP contribution in [0.4, 0.5) is 5.13 Å². The number of carbonyl (C=O) groups is 1. The number of anilines is 1. The van der Waals surface area contributed by atoms with Crippen LogP contribution in [0.2, 0.25) is 0 Å². The summed E-state index contributed by atoms with van der Waals surface area (Å²) in [5.74, 6) is 0.0930. The number of nitrogens with one attached hydrogen (secondary N) is 1. The molecular formula is C20H21N3O3S2. The Kier molecular flexibility index (Phi) is 5.90. The number of hydrogen-bond acceptors (Lipinski definition) is 6. The second-order valence-corrected chi connectivity index (χ2v) is 10.0. The molecule has 0 aliphatic heterocycles. The van der Waals surface area contributed by atoms with E-state index in [1.807, 2.05) is 12.1 Å². The Balaban J connectivity index is 1.68. The molecule has 0 saturated carbocycles. The van der Waals surface area contributed by atoms with E-state index < -0.39 is 9.84 Å². The molecule has 0 aliphatic carbocycles. The monoisotopic (exact) mass is 415 g/mol. The Labute approximate surface area is 168 Å². The summed E-state index contributed by atoms with van der Waals surface area (Å²) < 4.78 is 22.7. The topological polar surface area (TPSA) is 89.0 Å². The van der Waals surface area contributed by atoms with Gasteiger partial charge in [0.05, 0.1) is 5.75 Å². The number of rotatable bonds is 6. The van der Waals surface area contributed by atoms with Gasteiger partial charge in [0.25, 0.3) is 5.91 Å². The maximum atomic E-state index is 12.4. The number of benzene rings is 2. The molecule has 28 heavy (non-hydrogen) atoms. The van der Waals surface area contributed by atoms with Crippen molar-refractivity contribution in [2.75, 3.05) is 11.6 Å². The average Bonchev–Trinajstić information content (AvgIpc) is 3.09. The second-order valence-electron chi connectivity index (χ2n) is 6.91. The Morgan fingerprint density at radius 2 is 1.68 bits per heavy atom. The highest BCUT2D eigenvalue weighted by Gasteiger charge is 2.12. The maximum Gasteiger partial charge on any atom is 0.257 e. The van der Waals surface area contributed by atoms with Gasteiger partial charge in [-0.3, -0.25) is 10.1 Å². The lowest BCUT2D eigenvalue weighted by Gasteiger charge is -2.05. The van der Waals surface area contributed by atoms with Crippen LogP contribution in [0.15, 0.2) is 48.5 Å². The molecule has 0 fully saturated rings. The standard InChI is InChI=1S/C20H21N3O3S2/c1-13(2)15-8-10-17(11-9-15)19-22-23-20(27-19)21-18(24)16-6-4-14(5-7-16)12-28(3,25)26/h4-11,13H,12H2,1-3H3,(H,21,23,24). The first kappa shape index (κ1) is 20.2. The smallest absolute Gasteiger partial charge is 0.257 e. The Bertz CT molecular complexity index is 1070. The SMILES string of the molecule is CC(C)c1ccc(-c2nnc(NC(=O)c3ccc(CS(C)(=O)=O)cc3)s2)cc1. The molecule has 1 heterocycles. The highest BCUT2D eigenvalue weighted by molar-refractivity contribution is 7.89. The van der Waals surface area contributed by atoms with Crippen LogP contribution in [0.25, 0.3) is 10.6 Å². The molecule has 0 atom stereocenters. The molecule has 0 saturated heterocycles. The fourth-order valence-electron chi connectivity index (χ4n) is 2.63. The Morgan fingerprint density at radius 1 is 1.04 bits per heavy atom. The van der Waals surface area contributed by atoms with Crippen molar-refractivity contribution in [3.8, 4) is 10.6 Å². The lowest BCUT2D eigenvalue weighted by atomic mass is 10.0. The molecule has 2 aromatic carbocycles. The van der Waals surface area contributed by atoms with Crippen molar-refractivity contribution in [3.63, 3.8) is 0 Å². The molecule has 0 unspecified atom stereocenters. The van der Waals surface area contributed by atoms with Crippen LogP contribution in [-0.2, 0) is 15.6 Å². The van der Waals surface area contributed by atoms with Crippen molar-refractivity contribution >= 4 is 32.2 Å². The van der Waals surface area contributed by atoms with Gasteiger partial charge in [0.1, 0.15) is 5.01 Å². The summed E-state index contributed by atoms with van der Waals surface area (Å²) in [6, 6.07) is 14.6. The van der Waals surface area contributed by atoms with Crippen LogP contribution in [0.1, 0.15) is 41.3 Å². The summed E-state index contributed by atoms with van der Waals surface area (Å²) in [6.07, 6.45) is 1.18. The largest absolute Gasteiger partial charge is 0.296 e. The van der Waals surface area contributed by atoms with Crippen molar-refractivity contribution in [2.45, 2.75) is 25.5 Å². The third-order valence-corrected chi connectivity index (χ3v) is 5.86. The first-order valence-electron chi connectivity index (χ1n) is 8.73. The highest BCUT2D eigenvalue weighted by Crippen LogP contribution is 2.28. The average molecular weight is 416 g/mol. The number of sulfone groups is 1. The van der Waals surface area contributed by atoms with Gasteiger partial charge in [0, 0.05) is 17.4 Å². The number of aromatic nitrogens is 2. The highest BCUT2D eigenvalue weighted by atomic mass is 32.2. The molecule has 0 spiro atoms. The van der Waals surface area contributed by atoms with Gasteiger partial charge in [-0.15, -0.1) is 10.2 Å². The zero-order valence-electron chi connectivity index (χ0n) is 15.8. The minimum atomic E-state index is -3.11. The predicted molar refractivity (Wildman–Crippen MR) is 112 cm³/mol. The molecular weight excluding hydrogens is 394 g/mol. The summed E-state index contributed by atoms with van der Waals surface area (Å²) in [4.78, 5) is 12.4. The van der Waals surface area contributed by atoms with Crippen LogP contribution >= 0.6 is 11.3 Å². The first-order valence-corrected chi connectivity index (χ1v) is 11.6. The van der Waals surface area contributed by atoms with E-state index in [2.05, 4.69) is 41.5 Å². The van der Waals surface area contributed by atoms with E-state index in [0.29, 0.717) is 22.2 Å². The molecule has 6 nitrogen and oxygen atoms in total. The van der Waals surface area contributed by atoms with E-state index in [0.717, 1.165) is 10.6 Å². The quantitative estimate of drug-likeness (QED) is 0.654. The van der Waals surface area contributed by atoms with Gasteiger partial charge in [0.2, 0.25) is 5.13 Å². The van der Waals surface area contributed by atoms with Crippen molar-refractivity contribution in [1.82, 2.24) is 10.2 Å². The van der Waals surface area contributed by atoms with Gasteiger partial charge < -0.3 is 0 Å². The van der Waals surface area contributed by atoms with Crippen molar-refractivity contribution in [3.05, 3.63) is 65.2 Å². The van der Waals surface area contributed by atoms with Gasteiger partial charge in [-0.2, -0.15) is 0 Å². The van der Waals surface area contributed by atoms with Crippen LogP contribution < -0.4 is 5.32 Å². The Hall–Kier alpha value is -2.58. The molecule has 146 valence electrons. The third-order valence-electron chi connectivity index (χ3n) is 4.11. The van der Waals surface area contributed by atoms with Crippen molar-refractivity contribution < 1.29 is 13.2 Å². The molecule has 0 bridgehead atoms. The van der Waals surface area contributed by atoms with Gasteiger partial charge in [-0.1, -0.05) is 61.6 Å². The maximum absolute atomic E-state index is 12.4. The normalized spacial score (nSPS) is 11.6. The number of hydrogen-bond donors (Lipinski definition) is 1. The van der Waals surface area contributed by atoms with E-state index in [4.69, 9.17) is 0 Å². The summed E-state index contributed by atoms with van der Waals surface area (Å²) >= 11 is 1.30. The van der Waals surface area contributed by atoms with Crippen LogP contribution in [0, 0.1) is 0 Å². The van der Waals surface area contributed by atoms with Gasteiger partial charge in [-0.05, 0) is 29.2 Å². The molecule has 1 N–H and O–H groups in total. The van der Waals surface area contributed by atoms with Crippen LogP contribution in [-0.4, -0.2) is 30.8 Å². The molecule has 0 radical (unpaired) electrons. The summed E-state index contributed by atoms with van der Waals surface area (Å²) in [5.41, 5.74) is 3.27. The summed E-state index contributed by atoms with van der Waals surface area (Å²) in [7, 11) is -3.11. The van der Waals surface area contributed by atoms with Crippen molar-refractivity contribution in [1.29, 1.82) is 0 Å². The Morgan fingerprint density at radius 3 is 2.25 bits per heavy atom. The molecule has 0 aliphatic rings. The molecule has 1 aromatic heterocycles. The molecule has 3 rings (SSSR count). The van der Waals surface area contributed by atoms with E-state index in [1.54, 1.807) is 24.3 Å². The number of nitrogens with zero attached hydrogens (tertiary/aromatic N) is 2. The lowest BCUT2D eigenvalue weighted by molar-refractivity contribution is 0.102. The van der Waals surface area contributed by atoms with Crippen LogP contribution in [0.3, 0.4) is 0 Å². The zero-order chi connectivity index (χ0) is 20.3. The second kappa shape index (κ2) is 8.20. The van der Waals surface area contributed by atoms with Crippen LogP contribution in [0.5, 0.6) is 0 Å². The zero-order valence-corrected chi connectivity index (χ0v) is 17.5. The van der Waals surface area contributed by atoms with Gasteiger partial charge in [0.15, 0.2) is 9.84 Å². The summed E-state index contributed by atoms with van der Waals surface area (Å²) in [6.45, 7) is 4.28. The molecule has 1 amide bonds. The molecule has 8 heteroatoms.